The van der Waals surface area contributed by atoms with Crippen molar-refractivity contribution in [3.05, 3.63) is 45.1 Å². The van der Waals surface area contributed by atoms with Crippen LogP contribution in [0.2, 0.25) is 0 Å². The first kappa shape index (κ1) is 13.0. The third kappa shape index (κ3) is 2.94. The minimum atomic E-state index is -0.570. The number of rotatable bonds is 3. The Kier molecular flexibility index (Phi) is 3.77. The number of hydrogen-bond donors (Lipinski definition) is 1. The van der Waals surface area contributed by atoms with Gasteiger partial charge in [-0.1, -0.05) is 12.1 Å². The number of ether oxygens (including phenoxy) is 2. The summed E-state index contributed by atoms with van der Waals surface area (Å²) >= 11 is 5.04. The lowest BCUT2D eigenvalue weighted by Gasteiger charge is -2.29. The molecule has 3 rings (SSSR count). The Hall–Kier alpha value is -1.04. The van der Waals surface area contributed by atoms with Crippen molar-refractivity contribution in [2.24, 2.45) is 0 Å². The van der Waals surface area contributed by atoms with Gasteiger partial charge in [0.15, 0.2) is 17.6 Å². The van der Waals surface area contributed by atoms with Crippen LogP contribution in [-0.2, 0) is 6.42 Å². The van der Waals surface area contributed by atoms with E-state index in [1.54, 1.807) is 11.3 Å². The van der Waals surface area contributed by atoms with Gasteiger partial charge >= 0.3 is 0 Å². The average Bonchev–Trinajstić information content (AvgIpc) is 2.83. The number of fused-ring (bicyclic) bond motifs is 1. The smallest absolute Gasteiger partial charge is 0.161 e. The molecule has 0 saturated carbocycles. The Morgan fingerprint density at radius 1 is 1.37 bits per heavy atom. The van der Waals surface area contributed by atoms with Crippen molar-refractivity contribution >= 4 is 27.3 Å². The van der Waals surface area contributed by atoms with Gasteiger partial charge in [-0.15, -0.1) is 11.3 Å². The molecule has 1 aliphatic rings. The molecule has 19 heavy (non-hydrogen) atoms. The van der Waals surface area contributed by atoms with Gasteiger partial charge < -0.3 is 14.6 Å². The lowest BCUT2D eigenvalue weighted by atomic mass is 10.1. The van der Waals surface area contributed by atoms with E-state index in [-0.39, 0.29) is 6.10 Å². The highest BCUT2D eigenvalue weighted by molar-refractivity contribution is 9.10. The predicted octanol–water partition coefficient (Wildman–Crippen LogP) is 3.25. The van der Waals surface area contributed by atoms with Crippen LogP contribution in [0.1, 0.15) is 4.88 Å². The van der Waals surface area contributed by atoms with E-state index in [0.29, 0.717) is 18.8 Å². The van der Waals surface area contributed by atoms with E-state index in [1.807, 2.05) is 35.7 Å². The maximum absolute atomic E-state index is 10.2. The molecule has 3 nitrogen and oxygen atoms in total. The standard InChI is InChI=1S/C14H13BrO3S/c15-9-5-10(19-8-9)6-11(16)14-7-17-12-3-1-2-4-13(12)18-14/h1-5,8,11,14,16H,6-7H2. The summed E-state index contributed by atoms with van der Waals surface area (Å²) in [5, 5.41) is 12.3. The van der Waals surface area contributed by atoms with Crippen molar-refractivity contribution in [2.75, 3.05) is 6.61 Å². The number of aliphatic hydroxyl groups excluding tert-OH is 1. The third-order valence-corrected chi connectivity index (χ3v) is 4.71. The lowest BCUT2D eigenvalue weighted by Crippen LogP contribution is -2.40. The van der Waals surface area contributed by atoms with E-state index >= 15 is 0 Å². The second-order valence-electron chi connectivity index (χ2n) is 4.42. The Morgan fingerprint density at radius 3 is 2.89 bits per heavy atom. The van der Waals surface area contributed by atoms with E-state index in [9.17, 15) is 5.11 Å². The van der Waals surface area contributed by atoms with Crippen molar-refractivity contribution in [1.29, 1.82) is 0 Å². The number of thiophene rings is 1. The molecule has 1 aromatic carbocycles. The predicted molar refractivity (Wildman–Crippen MR) is 78.1 cm³/mol. The number of aliphatic hydroxyl groups is 1. The van der Waals surface area contributed by atoms with E-state index < -0.39 is 6.10 Å². The van der Waals surface area contributed by atoms with Crippen molar-refractivity contribution in [3.8, 4) is 11.5 Å². The van der Waals surface area contributed by atoms with Gasteiger partial charge in [0.25, 0.3) is 0 Å². The van der Waals surface area contributed by atoms with Crippen molar-refractivity contribution in [3.63, 3.8) is 0 Å². The Bertz CT molecular complexity index is 569. The SMILES string of the molecule is OC(Cc1cc(Br)cs1)C1COc2ccccc2O1. The van der Waals surface area contributed by atoms with E-state index in [0.717, 1.165) is 15.1 Å². The molecule has 1 N–H and O–H groups in total. The van der Waals surface area contributed by atoms with Crippen LogP contribution in [0.5, 0.6) is 11.5 Å². The summed E-state index contributed by atoms with van der Waals surface area (Å²) in [5.74, 6) is 1.44. The van der Waals surface area contributed by atoms with Crippen molar-refractivity contribution in [2.45, 2.75) is 18.6 Å². The van der Waals surface area contributed by atoms with Crippen LogP contribution in [0.15, 0.2) is 40.2 Å². The van der Waals surface area contributed by atoms with Crippen molar-refractivity contribution < 1.29 is 14.6 Å². The zero-order valence-electron chi connectivity index (χ0n) is 10.1. The van der Waals surface area contributed by atoms with E-state index in [1.165, 1.54) is 0 Å². The van der Waals surface area contributed by atoms with Gasteiger partial charge in [0, 0.05) is 21.2 Å². The molecule has 1 aliphatic heterocycles. The summed E-state index contributed by atoms with van der Waals surface area (Å²) in [6.45, 7) is 0.380. The molecule has 2 unspecified atom stereocenters. The summed E-state index contributed by atoms with van der Waals surface area (Å²) in [6, 6.07) is 9.55. The van der Waals surface area contributed by atoms with E-state index in [2.05, 4.69) is 15.9 Å². The highest BCUT2D eigenvalue weighted by atomic mass is 79.9. The highest BCUT2D eigenvalue weighted by Crippen LogP contribution is 2.32. The number of halogens is 1. The monoisotopic (exact) mass is 340 g/mol. The van der Waals surface area contributed by atoms with E-state index in [4.69, 9.17) is 9.47 Å². The van der Waals surface area contributed by atoms with Crippen LogP contribution in [0, 0.1) is 0 Å². The summed E-state index contributed by atoms with van der Waals surface area (Å²) in [4.78, 5) is 1.13. The minimum Gasteiger partial charge on any atom is -0.486 e. The number of hydrogen-bond acceptors (Lipinski definition) is 4. The molecule has 2 aromatic rings. The maximum atomic E-state index is 10.2. The summed E-state index contributed by atoms with van der Waals surface area (Å²) in [7, 11) is 0. The fourth-order valence-electron chi connectivity index (χ4n) is 2.02. The molecular formula is C14H13BrO3S. The fraction of sp³-hybridized carbons (Fsp3) is 0.286. The molecule has 2 atom stereocenters. The van der Waals surface area contributed by atoms with Crippen LogP contribution in [0.4, 0.5) is 0 Å². The summed E-state index contributed by atoms with van der Waals surface area (Å²) < 4.78 is 12.4. The van der Waals surface area contributed by atoms with Crippen LogP contribution >= 0.6 is 27.3 Å². The molecule has 5 heteroatoms. The fourth-order valence-corrected chi connectivity index (χ4v) is 3.53. The maximum Gasteiger partial charge on any atom is 0.161 e. The van der Waals surface area contributed by atoms with Crippen molar-refractivity contribution in [1.82, 2.24) is 0 Å². The molecule has 100 valence electrons. The number of para-hydroxylation sites is 2. The zero-order valence-corrected chi connectivity index (χ0v) is 12.5. The van der Waals surface area contributed by atoms with Gasteiger partial charge in [0.2, 0.25) is 0 Å². The Balaban J connectivity index is 1.67. The molecule has 0 fully saturated rings. The first-order valence-corrected chi connectivity index (χ1v) is 7.69. The molecule has 0 aliphatic carbocycles. The molecular weight excluding hydrogens is 328 g/mol. The minimum absolute atomic E-state index is 0.323. The molecule has 1 aromatic heterocycles. The topological polar surface area (TPSA) is 38.7 Å². The van der Waals surface area contributed by atoms with Crippen LogP contribution < -0.4 is 9.47 Å². The van der Waals surface area contributed by atoms with Crippen LogP contribution in [-0.4, -0.2) is 23.9 Å². The van der Waals surface area contributed by atoms with Gasteiger partial charge in [-0.05, 0) is 34.1 Å². The van der Waals surface area contributed by atoms with Gasteiger partial charge in [-0.3, -0.25) is 0 Å². The second kappa shape index (κ2) is 5.53. The van der Waals surface area contributed by atoms with Crippen LogP contribution in [0.25, 0.3) is 0 Å². The molecule has 0 saturated heterocycles. The zero-order chi connectivity index (χ0) is 13.2. The summed E-state index contributed by atoms with van der Waals surface area (Å²) in [5.41, 5.74) is 0. The average molecular weight is 341 g/mol. The molecule has 2 heterocycles. The highest BCUT2D eigenvalue weighted by Gasteiger charge is 2.27. The van der Waals surface area contributed by atoms with Gasteiger partial charge in [0.1, 0.15) is 6.61 Å². The first-order chi connectivity index (χ1) is 9.22. The molecule has 0 amide bonds. The first-order valence-electron chi connectivity index (χ1n) is 6.02. The lowest BCUT2D eigenvalue weighted by molar-refractivity contribution is -0.00907. The third-order valence-electron chi connectivity index (χ3n) is 2.99. The molecule has 0 bridgehead atoms. The molecule has 0 spiro atoms. The Labute approximate surface area is 123 Å². The second-order valence-corrected chi connectivity index (χ2v) is 6.33. The van der Waals surface area contributed by atoms with Gasteiger partial charge in [0.05, 0.1) is 6.10 Å². The van der Waals surface area contributed by atoms with Gasteiger partial charge in [-0.25, -0.2) is 0 Å². The number of benzene rings is 1. The Morgan fingerprint density at radius 2 is 2.16 bits per heavy atom. The quantitative estimate of drug-likeness (QED) is 0.931. The normalized spacial score (nSPS) is 19.2. The van der Waals surface area contributed by atoms with Crippen LogP contribution in [0.3, 0.4) is 0 Å². The largest absolute Gasteiger partial charge is 0.486 e. The molecule has 0 radical (unpaired) electrons. The van der Waals surface area contributed by atoms with Gasteiger partial charge in [-0.2, -0.15) is 0 Å². The summed E-state index contributed by atoms with van der Waals surface area (Å²) in [6.07, 6.45) is -0.318.